The molecule has 2 aromatic carbocycles. The SMILES string of the molecule is C[C@@H](NC(=O)c1ccccc1)C(=O)Nc1ccc(N2CCCC2=O)c(Cl)c1. The second kappa shape index (κ2) is 8.22. The van der Waals surface area contributed by atoms with Crippen LogP contribution in [0.5, 0.6) is 0 Å². The van der Waals surface area contributed by atoms with Gasteiger partial charge in [-0.25, -0.2) is 0 Å². The summed E-state index contributed by atoms with van der Waals surface area (Å²) in [5.74, 6) is -0.634. The van der Waals surface area contributed by atoms with E-state index in [1.807, 2.05) is 6.07 Å². The van der Waals surface area contributed by atoms with Crippen LogP contribution in [-0.4, -0.2) is 30.3 Å². The highest BCUT2D eigenvalue weighted by Crippen LogP contribution is 2.31. The van der Waals surface area contributed by atoms with Gasteiger partial charge in [-0.1, -0.05) is 29.8 Å². The van der Waals surface area contributed by atoms with E-state index in [0.29, 0.717) is 34.9 Å². The van der Waals surface area contributed by atoms with Gasteiger partial charge in [0, 0.05) is 24.2 Å². The number of anilines is 2. The Morgan fingerprint density at radius 2 is 1.89 bits per heavy atom. The van der Waals surface area contributed by atoms with Crippen LogP contribution in [0.2, 0.25) is 5.02 Å². The zero-order chi connectivity index (χ0) is 19.4. The first-order valence-electron chi connectivity index (χ1n) is 8.72. The molecule has 1 aliphatic heterocycles. The average Bonchev–Trinajstić information content (AvgIpc) is 3.08. The smallest absolute Gasteiger partial charge is 0.251 e. The Morgan fingerprint density at radius 1 is 1.15 bits per heavy atom. The largest absolute Gasteiger partial charge is 0.341 e. The monoisotopic (exact) mass is 385 g/mol. The van der Waals surface area contributed by atoms with Crippen molar-refractivity contribution < 1.29 is 14.4 Å². The highest BCUT2D eigenvalue weighted by molar-refractivity contribution is 6.34. The van der Waals surface area contributed by atoms with E-state index in [4.69, 9.17) is 11.6 Å². The third-order valence-electron chi connectivity index (χ3n) is 4.36. The molecule has 0 unspecified atom stereocenters. The van der Waals surface area contributed by atoms with Gasteiger partial charge in [0.15, 0.2) is 0 Å². The van der Waals surface area contributed by atoms with Gasteiger partial charge in [-0.3, -0.25) is 14.4 Å². The fourth-order valence-electron chi connectivity index (χ4n) is 2.89. The fraction of sp³-hybridized carbons (Fsp3) is 0.250. The van der Waals surface area contributed by atoms with Gasteiger partial charge >= 0.3 is 0 Å². The first-order chi connectivity index (χ1) is 13.0. The summed E-state index contributed by atoms with van der Waals surface area (Å²) < 4.78 is 0. The number of carbonyl (C=O) groups is 3. The molecule has 3 rings (SSSR count). The number of hydrogen-bond donors (Lipinski definition) is 2. The molecule has 3 amide bonds. The summed E-state index contributed by atoms with van der Waals surface area (Å²) in [5, 5.41) is 5.78. The van der Waals surface area contributed by atoms with Gasteiger partial charge in [0.25, 0.3) is 5.91 Å². The van der Waals surface area contributed by atoms with Crippen LogP contribution < -0.4 is 15.5 Å². The molecular formula is C20H20ClN3O3. The molecule has 0 saturated carbocycles. The van der Waals surface area contributed by atoms with Crippen molar-refractivity contribution in [2.24, 2.45) is 0 Å². The van der Waals surface area contributed by atoms with E-state index < -0.39 is 6.04 Å². The quantitative estimate of drug-likeness (QED) is 0.829. The lowest BCUT2D eigenvalue weighted by Gasteiger charge is -2.19. The Kier molecular flexibility index (Phi) is 5.76. The molecule has 7 heteroatoms. The van der Waals surface area contributed by atoms with Crippen LogP contribution >= 0.6 is 11.6 Å². The van der Waals surface area contributed by atoms with Crippen LogP contribution in [0.15, 0.2) is 48.5 Å². The van der Waals surface area contributed by atoms with Crippen molar-refractivity contribution in [3.63, 3.8) is 0 Å². The third-order valence-corrected chi connectivity index (χ3v) is 4.66. The minimum atomic E-state index is -0.726. The Balaban J connectivity index is 1.62. The summed E-state index contributed by atoms with van der Waals surface area (Å²) in [6.07, 6.45) is 1.33. The Labute approximate surface area is 162 Å². The van der Waals surface area contributed by atoms with E-state index in [9.17, 15) is 14.4 Å². The first kappa shape index (κ1) is 18.9. The minimum Gasteiger partial charge on any atom is -0.341 e. The van der Waals surface area contributed by atoms with Gasteiger partial charge in [-0.05, 0) is 43.7 Å². The summed E-state index contributed by atoms with van der Waals surface area (Å²) in [5.41, 5.74) is 1.63. The second-order valence-electron chi connectivity index (χ2n) is 6.37. The first-order valence-corrected chi connectivity index (χ1v) is 9.10. The summed E-state index contributed by atoms with van der Waals surface area (Å²) in [6.45, 7) is 2.25. The zero-order valence-corrected chi connectivity index (χ0v) is 15.6. The molecule has 1 saturated heterocycles. The van der Waals surface area contributed by atoms with Gasteiger partial charge in [0.1, 0.15) is 6.04 Å². The summed E-state index contributed by atoms with van der Waals surface area (Å²) >= 11 is 6.29. The summed E-state index contributed by atoms with van der Waals surface area (Å²) in [4.78, 5) is 38.0. The van der Waals surface area contributed by atoms with Gasteiger partial charge in [-0.15, -0.1) is 0 Å². The highest BCUT2D eigenvalue weighted by Gasteiger charge is 2.24. The normalized spacial score (nSPS) is 14.7. The molecule has 0 bridgehead atoms. The average molecular weight is 386 g/mol. The van der Waals surface area contributed by atoms with E-state index in [1.165, 1.54) is 0 Å². The predicted molar refractivity (Wildman–Crippen MR) is 105 cm³/mol. The van der Waals surface area contributed by atoms with Crippen molar-refractivity contribution in [1.29, 1.82) is 0 Å². The molecule has 2 aromatic rings. The molecule has 1 atom stereocenters. The molecule has 140 valence electrons. The van der Waals surface area contributed by atoms with Gasteiger partial charge < -0.3 is 15.5 Å². The van der Waals surface area contributed by atoms with Crippen LogP contribution in [-0.2, 0) is 9.59 Å². The Morgan fingerprint density at radius 3 is 2.52 bits per heavy atom. The standard InChI is InChI=1S/C20H20ClN3O3/c1-13(22-20(27)14-6-3-2-4-7-14)19(26)23-15-9-10-17(16(21)12-15)24-11-5-8-18(24)25/h2-4,6-7,9-10,12-13H,5,8,11H2,1H3,(H,22,27)(H,23,26)/t13-/m1/s1. The topological polar surface area (TPSA) is 78.5 Å². The highest BCUT2D eigenvalue weighted by atomic mass is 35.5. The number of amides is 3. The summed E-state index contributed by atoms with van der Waals surface area (Å²) in [7, 11) is 0. The van der Waals surface area contributed by atoms with E-state index in [1.54, 1.807) is 54.3 Å². The van der Waals surface area contributed by atoms with Crippen molar-refractivity contribution in [2.75, 3.05) is 16.8 Å². The van der Waals surface area contributed by atoms with Crippen LogP contribution in [0.25, 0.3) is 0 Å². The van der Waals surface area contributed by atoms with E-state index in [0.717, 1.165) is 6.42 Å². The molecule has 0 aromatic heterocycles. The molecule has 27 heavy (non-hydrogen) atoms. The van der Waals surface area contributed by atoms with Crippen LogP contribution in [0.3, 0.4) is 0 Å². The number of nitrogens with zero attached hydrogens (tertiary/aromatic N) is 1. The Hall–Kier alpha value is -2.86. The van der Waals surface area contributed by atoms with E-state index in [2.05, 4.69) is 10.6 Å². The maximum absolute atomic E-state index is 12.4. The third kappa shape index (κ3) is 4.46. The molecule has 0 radical (unpaired) electrons. The molecule has 0 aliphatic carbocycles. The van der Waals surface area contributed by atoms with Crippen molar-refractivity contribution in [3.8, 4) is 0 Å². The van der Waals surface area contributed by atoms with Crippen molar-refractivity contribution in [2.45, 2.75) is 25.8 Å². The molecule has 2 N–H and O–H groups in total. The molecule has 6 nitrogen and oxygen atoms in total. The zero-order valence-electron chi connectivity index (χ0n) is 14.9. The van der Waals surface area contributed by atoms with Gasteiger partial charge in [0.2, 0.25) is 11.8 Å². The molecular weight excluding hydrogens is 366 g/mol. The van der Waals surface area contributed by atoms with Crippen LogP contribution in [0.4, 0.5) is 11.4 Å². The molecule has 1 heterocycles. The predicted octanol–water partition coefficient (Wildman–Crippen LogP) is 3.22. The molecule has 1 aliphatic rings. The maximum atomic E-state index is 12.4. The minimum absolute atomic E-state index is 0.0472. The number of rotatable bonds is 5. The number of carbonyl (C=O) groups excluding carboxylic acids is 3. The number of halogens is 1. The van der Waals surface area contributed by atoms with E-state index in [-0.39, 0.29) is 17.7 Å². The maximum Gasteiger partial charge on any atom is 0.251 e. The van der Waals surface area contributed by atoms with E-state index >= 15 is 0 Å². The lowest BCUT2D eigenvalue weighted by atomic mass is 10.2. The lowest BCUT2D eigenvalue weighted by molar-refractivity contribution is -0.118. The number of nitrogens with one attached hydrogen (secondary N) is 2. The number of hydrogen-bond acceptors (Lipinski definition) is 3. The van der Waals surface area contributed by atoms with Gasteiger partial charge in [0.05, 0.1) is 10.7 Å². The van der Waals surface area contributed by atoms with Crippen molar-refractivity contribution in [1.82, 2.24) is 5.32 Å². The summed E-state index contributed by atoms with van der Waals surface area (Å²) in [6, 6.07) is 13.0. The molecule has 0 spiro atoms. The van der Waals surface area contributed by atoms with Crippen molar-refractivity contribution in [3.05, 3.63) is 59.1 Å². The van der Waals surface area contributed by atoms with Crippen LogP contribution in [0.1, 0.15) is 30.1 Å². The lowest BCUT2D eigenvalue weighted by Crippen LogP contribution is -2.41. The molecule has 1 fully saturated rings. The second-order valence-corrected chi connectivity index (χ2v) is 6.77. The Bertz CT molecular complexity index is 870. The van der Waals surface area contributed by atoms with Gasteiger partial charge in [-0.2, -0.15) is 0 Å². The number of benzene rings is 2. The van der Waals surface area contributed by atoms with Crippen LogP contribution in [0, 0.1) is 0 Å². The fourth-order valence-corrected chi connectivity index (χ4v) is 3.17. The van der Waals surface area contributed by atoms with Crippen molar-refractivity contribution >= 4 is 40.7 Å².